The topological polar surface area (TPSA) is 55.8 Å². The molecule has 0 spiro atoms. The van der Waals surface area contributed by atoms with Gasteiger partial charge in [-0.2, -0.15) is 0 Å². The Bertz CT molecular complexity index is 891. The standard InChI is InChI=1S/C25H30O4/c1-28-20-5-3-14-7-18-9-19-8-15-4-6-21(29-2)11-17(15)13-23(19)24(25(26)27)22(18)12-16(14)10-20/h5-6,14,16,24H,3-4,7-13H2,1-2H3,(H,26,27). The van der Waals surface area contributed by atoms with E-state index in [1.165, 1.54) is 33.4 Å². The highest BCUT2D eigenvalue weighted by molar-refractivity contribution is 5.79. The fourth-order valence-corrected chi connectivity index (χ4v) is 6.32. The Morgan fingerprint density at radius 1 is 0.828 bits per heavy atom. The van der Waals surface area contributed by atoms with Crippen LogP contribution in [0.3, 0.4) is 0 Å². The van der Waals surface area contributed by atoms with E-state index in [0.717, 1.165) is 69.3 Å². The third-order valence-electron chi connectivity index (χ3n) is 7.87. The van der Waals surface area contributed by atoms with Gasteiger partial charge in [-0.15, -0.1) is 0 Å². The molecule has 0 aromatic heterocycles. The van der Waals surface area contributed by atoms with Gasteiger partial charge < -0.3 is 14.6 Å². The zero-order valence-electron chi connectivity index (χ0n) is 17.4. The van der Waals surface area contributed by atoms with Gasteiger partial charge in [0.05, 0.1) is 31.7 Å². The van der Waals surface area contributed by atoms with Crippen molar-refractivity contribution in [1.29, 1.82) is 0 Å². The van der Waals surface area contributed by atoms with Crippen molar-refractivity contribution >= 4 is 5.97 Å². The fourth-order valence-electron chi connectivity index (χ4n) is 6.32. The Morgan fingerprint density at radius 2 is 1.62 bits per heavy atom. The van der Waals surface area contributed by atoms with Gasteiger partial charge in [0, 0.05) is 12.8 Å². The molecule has 0 aliphatic heterocycles. The van der Waals surface area contributed by atoms with Crippen molar-refractivity contribution in [3.8, 4) is 0 Å². The van der Waals surface area contributed by atoms with Gasteiger partial charge in [0.2, 0.25) is 0 Å². The second-order valence-electron chi connectivity index (χ2n) is 9.26. The molecule has 0 heterocycles. The number of carbonyl (C=O) groups is 1. The molecule has 4 nitrogen and oxygen atoms in total. The number of carboxylic acid groups (broad SMARTS) is 1. The van der Waals surface area contributed by atoms with Gasteiger partial charge in [0.25, 0.3) is 0 Å². The minimum atomic E-state index is -0.663. The van der Waals surface area contributed by atoms with E-state index < -0.39 is 11.9 Å². The summed E-state index contributed by atoms with van der Waals surface area (Å²) in [7, 11) is 3.48. The predicted molar refractivity (Wildman–Crippen MR) is 111 cm³/mol. The van der Waals surface area contributed by atoms with E-state index in [4.69, 9.17) is 9.47 Å². The average Bonchev–Trinajstić information content (AvgIpc) is 2.73. The number of allylic oxidation sites excluding steroid dienone is 7. The summed E-state index contributed by atoms with van der Waals surface area (Å²) in [6.07, 6.45) is 13.0. The van der Waals surface area contributed by atoms with Gasteiger partial charge in [0.1, 0.15) is 0 Å². The lowest BCUT2D eigenvalue weighted by Gasteiger charge is -2.43. The molecular formula is C25H30O4. The van der Waals surface area contributed by atoms with Gasteiger partial charge in [0.15, 0.2) is 0 Å². The second kappa shape index (κ2) is 7.23. The van der Waals surface area contributed by atoms with Crippen LogP contribution < -0.4 is 0 Å². The first kappa shape index (κ1) is 18.8. The van der Waals surface area contributed by atoms with E-state index in [2.05, 4.69) is 12.2 Å². The number of hydrogen-bond acceptors (Lipinski definition) is 3. The highest BCUT2D eigenvalue weighted by atomic mass is 16.5. The van der Waals surface area contributed by atoms with Crippen molar-refractivity contribution in [2.24, 2.45) is 17.8 Å². The summed E-state index contributed by atoms with van der Waals surface area (Å²) in [6.45, 7) is 0. The quantitative estimate of drug-likeness (QED) is 0.647. The number of methoxy groups -OCH3 is 2. The van der Waals surface area contributed by atoms with Gasteiger partial charge in [-0.05, 0) is 74.5 Å². The number of ether oxygens (including phenoxy) is 2. The molecule has 1 N–H and O–H groups in total. The van der Waals surface area contributed by atoms with Crippen LogP contribution in [0.25, 0.3) is 0 Å². The Morgan fingerprint density at radius 3 is 2.38 bits per heavy atom. The Hall–Kier alpha value is -2.23. The largest absolute Gasteiger partial charge is 0.501 e. The lowest BCUT2D eigenvalue weighted by molar-refractivity contribution is -0.139. The molecule has 0 aromatic carbocycles. The summed E-state index contributed by atoms with van der Waals surface area (Å²) in [6, 6.07) is 0. The van der Waals surface area contributed by atoms with Crippen LogP contribution in [0.5, 0.6) is 0 Å². The Balaban J connectivity index is 1.42. The molecule has 5 aliphatic carbocycles. The van der Waals surface area contributed by atoms with Gasteiger partial charge in [-0.25, -0.2) is 0 Å². The molecule has 0 aromatic rings. The minimum absolute atomic E-state index is 0.419. The molecule has 0 saturated heterocycles. The number of hydrogen-bond donors (Lipinski definition) is 1. The molecular weight excluding hydrogens is 364 g/mol. The second-order valence-corrected chi connectivity index (χ2v) is 9.26. The van der Waals surface area contributed by atoms with Crippen LogP contribution in [-0.2, 0) is 14.3 Å². The van der Waals surface area contributed by atoms with Crippen molar-refractivity contribution in [2.75, 3.05) is 14.2 Å². The van der Waals surface area contributed by atoms with Crippen LogP contribution in [0.15, 0.2) is 57.1 Å². The molecule has 0 radical (unpaired) electrons. The molecule has 3 unspecified atom stereocenters. The third-order valence-corrected chi connectivity index (χ3v) is 7.87. The van der Waals surface area contributed by atoms with Crippen LogP contribution >= 0.6 is 0 Å². The maximum Gasteiger partial charge on any atom is 0.314 e. The minimum Gasteiger partial charge on any atom is -0.501 e. The molecule has 0 bridgehead atoms. The van der Waals surface area contributed by atoms with Gasteiger partial charge in [-0.1, -0.05) is 27.9 Å². The fraction of sp³-hybridized carbons (Fsp3) is 0.560. The molecule has 4 heteroatoms. The highest BCUT2D eigenvalue weighted by Crippen LogP contribution is 2.53. The van der Waals surface area contributed by atoms with E-state index >= 15 is 0 Å². The number of fused-ring (bicyclic) bond motifs is 1. The van der Waals surface area contributed by atoms with Crippen molar-refractivity contribution < 1.29 is 19.4 Å². The summed E-state index contributed by atoms with van der Waals surface area (Å²) in [5.74, 6) is 2.18. The van der Waals surface area contributed by atoms with E-state index in [1.807, 2.05) is 0 Å². The van der Waals surface area contributed by atoms with E-state index in [1.54, 1.807) is 14.2 Å². The Kier molecular flexibility index (Phi) is 4.68. The summed E-state index contributed by atoms with van der Waals surface area (Å²) in [5.41, 5.74) is 8.12. The molecule has 3 atom stereocenters. The maximum absolute atomic E-state index is 12.5. The zero-order valence-corrected chi connectivity index (χ0v) is 17.4. The molecule has 0 fully saturated rings. The van der Waals surface area contributed by atoms with E-state index in [9.17, 15) is 9.90 Å². The first-order valence-electron chi connectivity index (χ1n) is 10.9. The van der Waals surface area contributed by atoms with Crippen molar-refractivity contribution in [1.82, 2.24) is 0 Å². The molecule has 0 amide bonds. The number of carboxylic acids is 1. The smallest absolute Gasteiger partial charge is 0.314 e. The monoisotopic (exact) mass is 394 g/mol. The van der Waals surface area contributed by atoms with Crippen molar-refractivity contribution in [2.45, 2.75) is 57.8 Å². The molecule has 154 valence electrons. The summed E-state index contributed by atoms with van der Waals surface area (Å²) < 4.78 is 11.0. The normalized spacial score (nSPS) is 31.2. The van der Waals surface area contributed by atoms with Gasteiger partial charge >= 0.3 is 5.97 Å². The highest BCUT2D eigenvalue weighted by Gasteiger charge is 2.42. The third kappa shape index (κ3) is 3.17. The summed E-state index contributed by atoms with van der Waals surface area (Å²) >= 11 is 0. The Labute approximate surface area is 172 Å². The van der Waals surface area contributed by atoms with Crippen molar-refractivity contribution in [3.05, 3.63) is 57.1 Å². The van der Waals surface area contributed by atoms with Crippen molar-refractivity contribution in [3.63, 3.8) is 0 Å². The van der Waals surface area contributed by atoms with Gasteiger partial charge in [-0.3, -0.25) is 4.79 Å². The average molecular weight is 395 g/mol. The summed E-state index contributed by atoms with van der Waals surface area (Å²) in [4.78, 5) is 12.5. The molecule has 5 aliphatic rings. The first-order chi connectivity index (χ1) is 14.1. The van der Waals surface area contributed by atoms with Crippen LogP contribution in [0.1, 0.15) is 57.8 Å². The van der Waals surface area contributed by atoms with Crippen LogP contribution in [-0.4, -0.2) is 25.3 Å². The SMILES string of the molecule is COC1=CCC2=C(C1)CC1=C(C2)CC2=C(CC3CC(OC)=CCC3C2)C1C(=O)O. The maximum atomic E-state index is 12.5. The lowest BCUT2D eigenvalue weighted by atomic mass is 9.61. The number of rotatable bonds is 3. The van der Waals surface area contributed by atoms with E-state index in [-0.39, 0.29) is 0 Å². The van der Waals surface area contributed by atoms with Crippen LogP contribution in [0.2, 0.25) is 0 Å². The molecule has 0 saturated carbocycles. The molecule has 5 rings (SSSR count). The molecule has 29 heavy (non-hydrogen) atoms. The lowest BCUT2D eigenvalue weighted by Crippen LogP contribution is -2.34. The summed E-state index contributed by atoms with van der Waals surface area (Å²) in [5, 5.41) is 10.2. The van der Waals surface area contributed by atoms with E-state index in [0.29, 0.717) is 11.8 Å². The number of aliphatic carboxylic acids is 1. The predicted octanol–water partition coefficient (Wildman–Crippen LogP) is 5.45. The van der Waals surface area contributed by atoms with Crippen LogP contribution in [0, 0.1) is 17.8 Å². The first-order valence-corrected chi connectivity index (χ1v) is 10.9. The van der Waals surface area contributed by atoms with Crippen LogP contribution in [0.4, 0.5) is 0 Å². The zero-order chi connectivity index (χ0) is 20.1.